The zero-order chi connectivity index (χ0) is 27.2. The van der Waals surface area contributed by atoms with Gasteiger partial charge in [-0.3, -0.25) is 0 Å². The summed E-state index contributed by atoms with van der Waals surface area (Å²) in [5.41, 5.74) is 2.22. The van der Waals surface area contributed by atoms with E-state index in [0.29, 0.717) is 47.2 Å². The van der Waals surface area contributed by atoms with Crippen molar-refractivity contribution >= 4 is 73.7 Å². The average Bonchev–Trinajstić information content (AvgIpc) is 3.20. The minimum absolute atomic E-state index is 0.0246. The molecular weight excluding hydrogens is 613 g/mol. The van der Waals surface area contributed by atoms with Crippen LogP contribution in [0.5, 0.6) is 11.5 Å². The first-order valence-electron chi connectivity index (χ1n) is 11.4. The van der Waals surface area contributed by atoms with Crippen LogP contribution in [-0.2, 0) is 16.1 Å². The molecule has 1 aliphatic rings. The molecule has 0 aliphatic carbocycles. The van der Waals surface area contributed by atoms with Crippen molar-refractivity contribution in [2.24, 2.45) is 4.99 Å². The van der Waals surface area contributed by atoms with E-state index in [1.165, 1.54) is 18.9 Å². The summed E-state index contributed by atoms with van der Waals surface area (Å²) in [6.45, 7) is 2.13. The molecule has 3 aromatic rings. The molecule has 0 saturated carbocycles. The van der Waals surface area contributed by atoms with Crippen LogP contribution in [-0.4, -0.2) is 29.8 Å². The molecule has 0 unspecified atom stereocenters. The van der Waals surface area contributed by atoms with E-state index in [1.54, 1.807) is 37.3 Å². The predicted molar refractivity (Wildman–Crippen MR) is 157 cm³/mol. The van der Waals surface area contributed by atoms with Gasteiger partial charge in [-0.05, 0) is 60.5 Å². The number of benzene rings is 3. The molecule has 196 valence electrons. The molecule has 0 fully saturated rings. The predicted octanol–water partition coefficient (Wildman–Crippen LogP) is 8.54. The maximum Gasteiger partial charge on any atom is 0.344 e. The fraction of sp³-hybridized carbons (Fsp3) is 0.143. The molecule has 0 saturated heterocycles. The van der Waals surface area contributed by atoms with Gasteiger partial charge in [-0.2, -0.15) is 0 Å². The number of halogens is 3. The summed E-state index contributed by atoms with van der Waals surface area (Å²) in [6, 6.07) is 18.0. The van der Waals surface area contributed by atoms with Gasteiger partial charge in [0.1, 0.15) is 23.0 Å². The Bertz CT molecular complexity index is 1460. The monoisotopic (exact) mass is 633 g/mol. The van der Waals surface area contributed by atoms with Crippen molar-refractivity contribution in [1.82, 2.24) is 0 Å². The van der Waals surface area contributed by atoms with Crippen LogP contribution in [0.2, 0.25) is 10.0 Å². The number of methoxy groups -OCH3 is 1. The zero-order valence-corrected chi connectivity index (χ0v) is 24.2. The maximum atomic E-state index is 12.7. The number of rotatable bonds is 8. The van der Waals surface area contributed by atoms with Crippen LogP contribution in [0.3, 0.4) is 0 Å². The summed E-state index contributed by atoms with van der Waals surface area (Å²) < 4.78 is 17.4. The summed E-state index contributed by atoms with van der Waals surface area (Å²) in [5.74, 6) is 0.146. The van der Waals surface area contributed by atoms with Crippen LogP contribution in [0.1, 0.15) is 18.1 Å². The third-order valence-corrected chi connectivity index (χ3v) is 7.75. The highest BCUT2D eigenvalue weighted by atomic mass is 79.9. The minimum Gasteiger partial charge on any atom is -0.506 e. The normalized spacial score (nSPS) is 15.3. The number of thioether (sulfide) groups is 1. The van der Waals surface area contributed by atoms with Gasteiger partial charge < -0.3 is 19.3 Å². The average molecular weight is 635 g/mol. The fourth-order valence-electron chi connectivity index (χ4n) is 3.48. The van der Waals surface area contributed by atoms with Gasteiger partial charge in [0.15, 0.2) is 11.5 Å². The van der Waals surface area contributed by atoms with Crippen LogP contribution >= 0.6 is 50.9 Å². The molecule has 3 aromatic carbocycles. The summed E-state index contributed by atoms with van der Waals surface area (Å²) in [5, 5.41) is 12.3. The lowest BCUT2D eigenvalue weighted by atomic mass is 10.1. The van der Waals surface area contributed by atoms with Crippen LogP contribution in [0, 0.1) is 0 Å². The van der Waals surface area contributed by atoms with Crippen molar-refractivity contribution < 1.29 is 24.1 Å². The van der Waals surface area contributed by atoms with E-state index in [1.807, 2.05) is 36.4 Å². The molecule has 1 N–H and O–H groups in total. The van der Waals surface area contributed by atoms with Crippen molar-refractivity contribution in [3.63, 3.8) is 0 Å². The molecule has 0 amide bonds. The molecule has 0 atom stereocenters. The van der Waals surface area contributed by atoms with Crippen LogP contribution < -0.4 is 9.47 Å². The summed E-state index contributed by atoms with van der Waals surface area (Å²) >= 11 is 16.9. The molecule has 0 bridgehead atoms. The van der Waals surface area contributed by atoms with E-state index in [2.05, 4.69) is 20.9 Å². The number of carbonyl (C=O) groups excluding carboxylic acids is 1. The molecule has 6 nitrogen and oxygen atoms in total. The van der Waals surface area contributed by atoms with Gasteiger partial charge in [0.05, 0.1) is 34.4 Å². The van der Waals surface area contributed by atoms with Gasteiger partial charge in [0.25, 0.3) is 0 Å². The SMILES string of the molecule is CCOC(=O)C1=C(O)/C(=C/c2cc(OC)c(OCc3ccc(Cl)c(Cl)c3)cc2Br)SC1=Nc1ccccc1. The number of esters is 1. The number of aliphatic hydroxyl groups is 1. The van der Waals surface area contributed by atoms with E-state index >= 15 is 0 Å². The molecule has 1 heterocycles. The molecular formula is C28H22BrCl2NO5S. The minimum atomic E-state index is -0.640. The highest BCUT2D eigenvalue weighted by molar-refractivity contribution is 9.10. The van der Waals surface area contributed by atoms with Gasteiger partial charge in [-0.15, -0.1) is 0 Å². The van der Waals surface area contributed by atoms with E-state index in [-0.39, 0.29) is 24.5 Å². The number of carbonyl (C=O) groups is 1. The molecule has 38 heavy (non-hydrogen) atoms. The Morgan fingerprint density at radius 2 is 1.84 bits per heavy atom. The van der Waals surface area contributed by atoms with Gasteiger partial charge in [0.2, 0.25) is 0 Å². The Morgan fingerprint density at radius 1 is 1.08 bits per heavy atom. The summed E-state index contributed by atoms with van der Waals surface area (Å²) in [6.07, 6.45) is 1.74. The molecule has 4 rings (SSSR count). The van der Waals surface area contributed by atoms with Crippen LogP contribution in [0.25, 0.3) is 6.08 Å². The van der Waals surface area contributed by atoms with Crippen LogP contribution in [0.4, 0.5) is 5.69 Å². The molecule has 1 aliphatic heterocycles. The second kappa shape index (κ2) is 12.8. The number of aliphatic hydroxyl groups excluding tert-OH is 1. The maximum absolute atomic E-state index is 12.7. The molecule has 0 radical (unpaired) electrons. The lowest BCUT2D eigenvalue weighted by molar-refractivity contribution is -0.138. The number of hydrogen-bond acceptors (Lipinski definition) is 7. The van der Waals surface area contributed by atoms with Crippen molar-refractivity contribution in [1.29, 1.82) is 0 Å². The quantitative estimate of drug-likeness (QED) is 0.250. The first-order valence-corrected chi connectivity index (χ1v) is 13.8. The Labute approximate surface area is 243 Å². The first kappa shape index (κ1) is 28.1. The molecule has 0 spiro atoms. The molecule has 10 heteroatoms. The van der Waals surface area contributed by atoms with E-state index in [4.69, 9.17) is 37.4 Å². The number of hydrogen-bond donors (Lipinski definition) is 1. The third-order valence-electron chi connectivity index (χ3n) is 5.30. The Hall–Kier alpha value is -2.91. The van der Waals surface area contributed by atoms with Crippen molar-refractivity contribution in [2.45, 2.75) is 13.5 Å². The highest BCUT2D eigenvalue weighted by Gasteiger charge is 2.33. The van der Waals surface area contributed by atoms with E-state index in [0.717, 1.165) is 5.56 Å². The van der Waals surface area contributed by atoms with Gasteiger partial charge in [-0.25, -0.2) is 9.79 Å². The standard InChI is InChI=1S/C28H22BrCl2NO5S/c1-3-36-28(34)25-26(33)24(38-27(25)32-18-7-5-4-6-8-18)13-17-12-22(35-2)23(14-19(17)29)37-15-16-9-10-20(30)21(31)11-16/h4-14,33H,3,15H2,1-2H3/b24-13-,32-27?. The second-order valence-electron chi connectivity index (χ2n) is 7.87. The van der Waals surface area contributed by atoms with Crippen molar-refractivity contribution in [3.05, 3.63) is 103 Å². The van der Waals surface area contributed by atoms with E-state index in [9.17, 15) is 9.90 Å². The third kappa shape index (κ3) is 6.56. The van der Waals surface area contributed by atoms with Crippen molar-refractivity contribution in [3.8, 4) is 11.5 Å². The van der Waals surface area contributed by atoms with Gasteiger partial charge in [0, 0.05) is 4.47 Å². The van der Waals surface area contributed by atoms with Gasteiger partial charge >= 0.3 is 5.97 Å². The zero-order valence-electron chi connectivity index (χ0n) is 20.3. The summed E-state index contributed by atoms with van der Waals surface area (Å²) in [7, 11) is 1.54. The smallest absolute Gasteiger partial charge is 0.344 e. The van der Waals surface area contributed by atoms with E-state index < -0.39 is 5.97 Å². The van der Waals surface area contributed by atoms with Crippen molar-refractivity contribution in [2.75, 3.05) is 13.7 Å². The fourth-order valence-corrected chi connectivity index (χ4v) is 5.26. The highest BCUT2D eigenvalue weighted by Crippen LogP contribution is 2.42. The topological polar surface area (TPSA) is 77.4 Å². The number of para-hydroxylation sites is 1. The van der Waals surface area contributed by atoms with Crippen LogP contribution in [0.15, 0.2) is 86.4 Å². The lowest BCUT2D eigenvalue weighted by Gasteiger charge is -2.13. The Morgan fingerprint density at radius 3 is 2.53 bits per heavy atom. The number of ether oxygens (including phenoxy) is 3. The molecule has 0 aromatic heterocycles. The first-order chi connectivity index (χ1) is 18.3. The Kier molecular flexibility index (Phi) is 9.44. The van der Waals surface area contributed by atoms with Gasteiger partial charge in [-0.1, -0.05) is 75.2 Å². The Balaban J connectivity index is 1.65. The second-order valence-corrected chi connectivity index (χ2v) is 10.6. The number of nitrogens with zero attached hydrogens (tertiary/aromatic N) is 1. The summed E-state index contributed by atoms with van der Waals surface area (Å²) in [4.78, 5) is 17.7. The lowest BCUT2D eigenvalue weighted by Crippen LogP contribution is -2.12. The largest absolute Gasteiger partial charge is 0.506 e. The number of aliphatic imine (C=N–C) groups is 1.